The van der Waals surface area contributed by atoms with Crippen molar-refractivity contribution in [2.24, 2.45) is 0 Å². The fraction of sp³-hybridized carbons (Fsp3) is 0.667. The van der Waals surface area contributed by atoms with E-state index in [1.165, 1.54) is 6.92 Å². The molecule has 1 heterocycles. The number of ether oxygens (including phenoxy) is 1. The van der Waals surface area contributed by atoms with E-state index < -0.39 is 18.2 Å². The van der Waals surface area contributed by atoms with E-state index in [-0.39, 0.29) is 0 Å². The lowest BCUT2D eigenvalue weighted by Crippen LogP contribution is -2.39. The van der Waals surface area contributed by atoms with E-state index >= 15 is 0 Å². The summed E-state index contributed by atoms with van der Waals surface area (Å²) in [4.78, 5) is 0. The van der Waals surface area contributed by atoms with Crippen LogP contribution in [0.4, 0.5) is 0 Å². The monoisotopic (exact) mass is 143 g/mol. The fourth-order valence-corrected chi connectivity index (χ4v) is 0.737. The molecule has 56 valence electrons. The van der Waals surface area contributed by atoms with Crippen molar-refractivity contribution in [3.05, 3.63) is 0 Å². The molecule has 0 amide bonds. The summed E-state index contributed by atoms with van der Waals surface area (Å²) in [6.07, 6.45) is 2.86. The zero-order valence-electron chi connectivity index (χ0n) is 5.53. The minimum absolute atomic E-state index is 1.01. The van der Waals surface area contributed by atoms with E-state index in [9.17, 15) is 0 Å². The van der Waals surface area contributed by atoms with Gasteiger partial charge in [0.15, 0.2) is 5.60 Å². The Bertz CT molecular complexity index is 176. The second-order valence-electron chi connectivity index (χ2n) is 2.29. The SMILES string of the molecule is C#C[C@]1(C)OC(O)NC1O. The molecule has 0 aromatic heterocycles. The van der Waals surface area contributed by atoms with Gasteiger partial charge in [0.25, 0.3) is 0 Å². The Morgan fingerprint density at radius 1 is 1.70 bits per heavy atom. The van der Waals surface area contributed by atoms with Gasteiger partial charge >= 0.3 is 0 Å². The molecule has 0 saturated carbocycles. The molecule has 4 nitrogen and oxygen atoms in total. The van der Waals surface area contributed by atoms with Crippen LogP contribution in [0.3, 0.4) is 0 Å². The van der Waals surface area contributed by atoms with Crippen LogP contribution in [0.5, 0.6) is 0 Å². The standard InChI is InChI=1S/C6H9NO3/c1-3-6(2)4(8)7-5(9)10-6/h1,4-5,7-9H,2H3/t4?,5?,6-/m0/s1. The molecule has 0 aliphatic carbocycles. The lowest BCUT2D eigenvalue weighted by molar-refractivity contribution is -0.121. The molecule has 1 fully saturated rings. The van der Waals surface area contributed by atoms with Gasteiger partial charge in [0, 0.05) is 0 Å². The fourth-order valence-electron chi connectivity index (χ4n) is 0.737. The number of hydrogen-bond donors (Lipinski definition) is 3. The third-order valence-electron chi connectivity index (χ3n) is 1.47. The van der Waals surface area contributed by atoms with Crippen molar-refractivity contribution in [3.8, 4) is 12.3 Å². The molecule has 1 saturated heterocycles. The molecule has 10 heavy (non-hydrogen) atoms. The van der Waals surface area contributed by atoms with Gasteiger partial charge in [-0.3, -0.25) is 0 Å². The van der Waals surface area contributed by atoms with Gasteiger partial charge in [-0.15, -0.1) is 6.42 Å². The number of hydrogen-bond acceptors (Lipinski definition) is 4. The van der Waals surface area contributed by atoms with Crippen molar-refractivity contribution in [1.29, 1.82) is 0 Å². The predicted molar refractivity (Wildman–Crippen MR) is 33.5 cm³/mol. The van der Waals surface area contributed by atoms with Gasteiger partial charge in [0.2, 0.25) is 6.41 Å². The molecule has 4 heteroatoms. The highest BCUT2D eigenvalue weighted by Crippen LogP contribution is 2.20. The third kappa shape index (κ3) is 1.00. The van der Waals surface area contributed by atoms with Crippen molar-refractivity contribution in [1.82, 2.24) is 5.32 Å². The molecule has 3 N–H and O–H groups in total. The van der Waals surface area contributed by atoms with Crippen molar-refractivity contribution < 1.29 is 14.9 Å². The summed E-state index contributed by atoms with van der Waals surface area (Å²) in [6, 6.07) is 0. The van der Waals surface area contributed by atoms with E-state index in [1.54, 1.807) is 0 Å². The smallest absolute Gasteiger partial charge is 0.217 e. The number of rotatable bonds is 0. The molecule has 2 unspecified atom stereocenters. The van der Waals surface area contributed by atoms with Gasteiger partial charge in [-0.1, -0.05) is 5.92 Å². The van der Waals surface area contributed by atoms with E-state index in [2.05, 4.69) is 11.2 Å². The van der Waals surface area contributed by atoms with E-state index in [1.807, 2.05) is 0 Å². The van der Waals surface area contributed by atoms with Crippen LogP contribution in [0.15, 0.2) is 0 Å². The summed E-state index contributed by atoms with van der Waals surface area (Å²) in [6.45, 7) is 1.51. The molecular weight excluding hydrogens is 134 g/mol. The van der Waals surface area contributed by atoms with Gasteiger partial charge in [-0.2, -0.15) is 0 Å². The van der Waals surface area contributed by atoms with Crippen LogP contribution in [-0.2, 0) is 4.74 Å². The molecule has 1 rings (SSSR count). The van der Waals surface area contributed by atoms with Crippen LogP contribution in [0.1, 0.15) is 6.92 Å². The van der Waals surface area contributed by atoms with Crippen LogP contribution < -0.4 is 5.32 Å². The second kappa shape index (κ2) is 2.22. The topological polar surface area (TPSA) is 61.7 Å². The first-order valence-electron chi connectivity index (χ1n) is 2.86. The third-order valence-corrected chi connectivity index (χ3v) is 1.47. The largest absolute Gasteiger partial charge is 0.374 e. The summed E-state index contributed by atoms with van der Waals surface area (Å²) < 4.78 is 4.77. The van der Waals surface area contributed by atoms with E-state index in [0.29, 0.717) is 0 Å². The quantitative estimate of drug-likeness (QED) is 0.365. The average Bonchev–Trinajstić information content (AvgIpc) is 2.09. The Morgan fingerprint density at radius 3 is 2.50 bits per heavy atom. The first-order valence-corrected chi connectivity index (χ1v) is 2.86. The highest BCUT2D eigenvalue weighted by atomic mass is 16.7. The molecule has 0 aromatic rings. The molecule has 0 aromatic carbocycles. The highest BCUT2D eigenvalue weighted by Gasteiger charge is 2.41. The first kappa shape index (κ1) is 7.51. The highest BCUT2D eigenvalue weighted by molar-refractivity contribution is 5.11. The van der Waals surface area contributed by atoms with Gasteiger partial charge in [0.05, 0.1) is 0 Å². The van der Waals surface area contributed by atoms with Crippen molar-refractivity contribution in [3.63, 3.8) is 0 Å². The number of aliphatic hydroxyl groups is 2. The van der Waals surface area contributed by atoms with Crippen molar-refractivity contribution in [2.75, 3.05) is 0 Å². The van der Waals surface area contributed by atoms with Gasteiger partial charge < -0.3 is 14.9 Å². The maximum absolute atomic E-state index is 9.08. The van der Waals surface area contributed by atoms with Crippen LogP contribution in [-0.4, -0.2) is 28.5 Å². The molecular formula is C6H9NO3. The lowest BCUT2D eigenvalue weighted by Gasteiger charge is -2.17. The minimum atomic E-state index is -1.17. The maximum Gasteiger partial charge on any atom is 0.217 e. The van der Waals surface area contributed by atoms with Crippen molar-refractivity contribution >= 4 is 0 Å². The molecule has 0 bridgehead atoms. The summed E-state index contributed by atoms with van der Waals surface area (Å²) in [5.74, 6) is 2.23. The number of terminal acetylenes is 1. The van der Waals surface area contributed by atoms with Crippen LogP contribution in [0, 0.1) is 12.3 Å². The molecule has 3 atom stereocenters. The molecule has 0 spiro atoms. The average molecular weight is 143 g/mol. The minimum Gasteiger partial charge on any atom is -0.374 e. The lowest BCUT2D eigenvalue weighted by atomic mass is 10.1. The second-order valence-corrected chi connectivity index (χ2v) is 2.29. The Hall–Kier alpha value is -0.600. The molecule has 1 aliphatic heterocycles. The van der Waals surface area contributed by atoms with Crippen molar-refractivity contribution in [2.45, 2.75) is 25.2 Å². The Labute approximate surface area is 58.8 Å². The summed E-state index contributed by atoms with van der Waals surface area (Å²) in [5, 5.41) is 20.2. The number of aliphatic hydroxyl groups excluding tert-OH is 2. The Balaban J connectivity index is 2.73. The first-order chi connectivity index (χ1) is 4.58. The van der Waals surface area contributed by atoms with Crippen LogP contribution >= 0.6 is 0 Å². The number of nitrogens with one attached hydrogen (secondary N) is 1. The Kier molecular flexibility index (Phi) is 1.67. The van der Waals surface area contributed by atoms with Gasteiger partial charge in [-0.05, 0) is 6.92 Å². The zero-order chi connectivity index (χ0) is 7.78. The maximum atomic E-state index is 9.08. The van der Waals surface area contributed by atoms with Gasteiger partial charge in [0.1, 0.15) is 6.23 Å². The van der Waals surface area contributed by atoms with Crippen LogP contribution in [0.2, 0.25) is 0 Å². The zero-order valence-corrected chi connectivity index (χ0v) is 5.53. The summed E-state index contributed by atoms with van der Waals surface area (Å²) in [7, 11) is 0. The Morgan fingerprint density at radius 2 is 2.30 bits per heavy atom. The van der Waals surface area contributed by atoms with Gasteiger partial charge in [-0.25, -0.2) is 5.32 Å². The molecule has 1 aliphatic rings. The van der Waals surface area contributed by atoms with E-state index in [0.717, 1.165) is 0 Å². The molecule has 0 radical (unpaired) electrons. The predicted octanol–water partition coefficient (Wildman–Crippen LogP) is -1.41. The van der Waals surface area contributed by atoms with E-state index in [4.69, 9.17) is 21.4 Å². The summed E-state index contributed by atoms with van der Waals surface area (Å²) >= 11 is 0. The normalized spacial score (nSPS) is 47.0. The summed E-state index contributed by atoms with van der Waals surface area (Å²) in [5.41, 5.74) is -1.11. The van der Waals surface area contributed by atoms with Crippen LogP contribution in [0.25, 0.3) is 0 Å².